The smallest absolute Gasteiger partial charge is 0.167 e. The summed E-state index contributed by atoms with van der Waals surface area (Å²) in [4.78, 5) is 13.1. The van der Waals surface area contributed by atoms with Gasteiger partial charge in [0.05, 0.1) is 20.0 Å². The third-order valence-electron chi connectivity index (χ3n) is 6.28. The Balaban J connectivity index is 1.40. The molecule has 1 saturated heterocycles. The Labute approximate surface area is 178 Å². The summed E-state index contributed by atoms with van der Waals surface area (Å²) in [5, 5.41) is 33.2. The van der Waals surface area contributed by atoms with E-state index in [0.717, 1.165) is 18.6 Å². The first-order chi connectivity index (χ1) is 15.1. The summed E-state index contributed by atoms with van der Waals surface area (Å²) in [6, 6.07) is 8.05. The Bertz CT molecular complexity index is 1080. The molecule has 3 heterocycles. The monoisotopic (exact) mass is 427 g/mol. The van der Waals surface area contributed by atoms with Crippen LogP contribution in [0.2, 0.25) is 0 Å². The molecule has 10 heteroatoms. The number of hydrogen-bond acceptors (Lipinski definition) is 9. The molecule has 2 unspecified atom stereocenters. The number of imidazole rings is 1. The van der Waals surface area contributed by atoms with E-state index in [-0.39, 0.29) is 5.41 Å². The van der Waals surface area contributed by atoms with Crippen LogP contribution in [0.4, 0.5) is 5.82 Å². The Morgan fingerprint density at radius 3 is 2.71 bits per heavy atom. The highest BCUT2D eigenvalue weighted by molar-refractivity contribution is 5.82. The molecule has 4 atom stereocenters. The molecule has 2 fully saturated rings. The van der Waals surface area contributed by atoms with E-state index in [1.165, 1.54) is 18.2 Å². The number of para-hydroxylation sites is 1. The topological polar surface area (TPSA) is 135 Å². The number of benzene rings is 1. The lowest BCUT2D eigenvalue weighted by molar-refractivity contribution is -0.0511. The first-order valence-corrected chi connectivity index (χ1v) is 10.3. The largest absolute Gasteiger partial charge is 0.496 e. The first-order valence-electron chi connectivity index (χ1n) is 10.3. The highest BCUT2D eigenvalue weighted by atomic mass is 16.6. The maximum absolute atomic E-state index is 10.3. The fraction of sp³-hybridized carbons (Fsp3) is 0.476. The summed E-state index contributed by atoms with van der Waals surface area (Å²) in [5.41, 5.74) is 2.16. The lowest BCUT2D eigenvalue weighted by Crippen LogP contribution is -2.33. The molecule has 1 saturated carbocycles. The second-order valence-electron chi connectivity index (χ2n) is 8.11. The molecular formula is C21H25N5O5. The molecule has 0 spiro atoms. The minimum Gasteiger partial charge on any atom is -0.496 e. The number of rotatable bonds is 7. The van der Waals surface area contributed by atoms with Crippen LogP contribution < -0.4 is 10.1 Å². The summed E-state index contributed by atoms with van der Waals surface area (Å²) in [7, 11) is 1.68. The van der Waals surface area contributed by atoms with Gasteiger partial charge in [-0.3, -0.25) is 4.57 Å². The van der Waals surface area contributed by atoms with Gasteiger partial charge < -0.3 is 30.1 Å². The number of nitrogens with one attached hydrogen (secondary N) is 1. The van der Waals surface area contributed by atoms with Crippen LogP contribution in [0.25, 0.3) is 11.2 Å². The molecule has 10 nitrogen and oxygen atoms in total. The second kappa shape index (κ2) is 7.72. The highest BCUT2D eigenvalue weighted by Gasteiger charge is 2.46. The van der Waals surface area contributed by atoms with E-state index in [9.17, 15) is 15.3 Å². The number of aliphatic hydroxyl groups excluding tert-OH is 3. The maximum Gasteiger partial charge on any atom is 0.167 e. The fourth-order valence-corrected chi connectivity index (χ4v) is 4.31. The van der Waals surface area contributed by atoms with Crippen molar-refractivity contribution in [3.8, 4) is 5.75 Å². The van der Waals surface area contributed by atoms with Crippen molar-refractivity contribution in [2.75, 3.05) is 25.6 Å². The average molecular weight is 427 g/mol. The highest BCUT2D eigenvalue weighted by Crippen LogP contribution is 2.51. The molecule has 1 aliphatic heterocycles. The molecule has 31 heavy (non-hydrogen) atoms. The zero-order chi connectivity index (χ0) is 21.6. The number of nitrogens with zero attached hydrogens (tertiary/aromatic N) is 4. The van der Waals surface area contributed by atoms with Crippen LogP contribution in [0.5, 0.6) is 5.75 Å². The molecule has 0 radical (unpaired) electrons. The molecule has 0 bridgehead atoms. The van der Waals surface area contributed by atoms with Crippen molar-refractivity contribution >= 4 is 17.0 Å². The third-order valence-corrected chi connectivity index (χ3v) is 6.28. The van der Waals surface area contributed by atoms with Crippen LogP contribution in [0.1, 0.15) is 24.6 Å². The molecule has 5 rings (SSSR count). The first kappa shape index (κ1) is 20.1. The quantitative estimate of drug-likeness (QED) is 0.427. The van der Waals surface area contributed by atoms with Crippen molar-refractivity contribution in [2.45, 2.75) is 42.8 Å². The summed E-state index contributed by atoms with van der Waals surface area (Å²) in [6.45, 7) is 0.272. The Kier molecular flexibility index (Phi) is 5.01. The van der Waals surface area contributed by atoms with E-state index in [2.05, 4.69) is 26.3 Å². The van der Waals surface area contributed by atoms with Gasteiger partial charge in [-0.1, -0.05) is 18.2 Å². The Morgan fingerprint density at radius 1 is 1.19 bits per heavy atom. The zero-order valence-electron chi connectivity index (χ0n) is 17.0. The molecular weight excluding hydrogens is 402 g/mol. The molecule has 164 valence electrons. The van der Waals surface area contributed by atoms with Crippen LogP contribution in [0.3, 0.4) is 0 Å². The van der Waals surface area contributed by atoms with Crippen LogP contribution in [-0.4, -0.2) is 73.4 Å². The number of methoxy groups -OCH3 is 1. The Morgan fingerprint density at radius 2 is 2.00 bits per heavy atom. The molecule has 2 aliphatic rings. The predicted octanol–water partition coefficient (Wildman–Crippen LogP) is 0.590. The van der Waals surface area contributed by atoms with Gasteiger partial charge in [-0.05, 0) is 18.9 Å². The summed E-state index contributed by atoms with van der Waals surface area (Å²) < 4.78 is 12.7. The molecule has 0 amide bonds. The fourth-order valence-electron chi connectivity index (χ4n) is 4.31. The van der Waals surface area contributed by atoms with Crippen molar-refractivity contribution in [3.05, 3.63) is 42.5 Å². The van der Waals surface area contributed by atoms with Crippen LogP contribution >= 0.6 is 0 Å². The van der Waals surface area contributed by atoms with Crippen molar-refractivity contribution < 1.29 is 24.8 Å². The SMILES string of the molecule is COc1ccccc1C1(CNc2ncnc3c2ncn3[C@@H]2O[C@H](CO)C(O)C2O)CC1. The zero-order valence-corrected chi connectivity index (χ0v) is 17.0. The molecule has 1 aromatic carbocycles. The van der Waals surface area contributed by atoms with Crippen molar-refractivity contribution in [2.24, 2.45) is 0 Å². The van der Waals surface area contributed by atoms with E-state index in [1.807, 2.05) is 18.2 Å². The van der Waals surface area contributed by atoms with Gasteiger partial charge in [-0.25, -0.2) is 15.0 Å². The van der Waals surface area contributed by atoms with Gasteiger partial charge in [0.25, 0.3) is 0 Å². The van der Waals surface area contributed by atoms with E-state index in [1.54, 1.807) is 11.7 Å². The minimum atomic E-state index is -1.21. The van der Waals surface area contributed by atoms with Crippen molar-refractivity contribution in [3.63, 3.8) is 0 Å². The van der Waals surface area contributed by atoms with Gasteiger partial charge in [-0.15, -0.1) is 0 Å². The van der Waals surface area contributed by atoms with Gasteiger partial charge in [0.1, 0.15) is 30.4 Å². The Hall–Kier alpha value is -2.79. The lowest BCUT2D eigenvalue weighted by Gasteiger charge is -2.20. The van der Waals surface area contributed by atoms with Crippen LogP contribution in [0.15, 0.2) is 36.9 Å². The second-order valence-corrected chi connectivity index (χ2v) is 8.11. The maximum atomic E-state index is 10.3. The van der Waals surface area contributed by atoms with E-state index in [4.69, 9.17) is 9.47 Å². The van der Waals surface area contributed by atoms with E-state index in [0.29, 0.717) is 23.5 Å². The van der Waals surface area contributed by atoms with Gasteiger partial charge in [0.15, 0.2) is 23.2 Å². The number of aliphatic hydroxyl groups is 3. The summed E-state index contributed by atoms with van der Waals surface area (Å²) in [6.07, 6.45) is 0.849. The average Bonchev–Trinajstić information content (AvgIpc) is 3.39. The van der Waals surface area contributed by atoms with E-state index >= 15 is 0 Å². The number of aromatic nitrogens is 4. The van der Waals surface area contributed by atoms with Crippen molar-refractivity contribution in [1.82, 2.24) is 19.5 Å². The van der Waals surface area contributed by atoms with Crippen molar-refractivity contribution in [1.29, 1.82) is 0 Å². The van der Waals surface area contributed by atoms with Crippen LogP contribution in [-0.2, 0) is 10.2 Å². The lowest BCUT2D eigenvalue weighted by atomic mass is 9.95. The number of ether oxygens (including phenoxy) is 2. The van der Waals surface area contributed by atoms with Gasteiger partial charge >= 0.3 is 0 Å². The number of hydrogen-bond donors (Lipinski definition) is 4. The number of fused-ring (bicyclic) bond motifs is 1. The van der Waals surface area contributed by atoms with Gasteiger partial charge in [-0.2, -0.15) is 0 Å². The molecule has 2 aromatic heterocycles. The normalized spacial score (nSPS) is 26.8. The standard InChI is InChI=1S/C21H25N5O5/c1-30-13-5-3-2-4-12(13)21(6-7-21)9-22-18-15-19(24-10-23-18)26(11-25-15)20-17(29)16(28)14(8-27)31-20/h2-5,10-11,14,16-17,20,27-29H,6-9H2,1H3,(H,22,23,24)/t14-,16?,17?,20-/m1/s1. The van der Waals surface area contributed by atoms with Gasteiger partial charge in [0.2, 0.25) is 0 Å². The molecule has 3 aromatic rings. The molecule has 1 aliphatic carbocycles. The number of anilines is 1. The predicted molar refractivity (Wildman–Crippen MR) is 111 cm³/mol. The summed E-state index contributed by atoms with van der Waals surface area (Å²) in [5.74, 6) is 1.46. The van der Waals surface area contributed by atoms with Crippen LogP contribution in [0, 0.1) is 0 Å². The minimum absolute atomic E-state index is 0.0182. The summed E-state index contributed by atoms with van der Waals surface area (Å²) >= 11 is 0. The third kappa shape index (κ3) is 3.32. The van der Waals surface area contributed by atoms with E-state index < -0.39 is 31.1 Å². The molecule has 4 N–H and O–H groups in total. The van der Waals surface area contributed by atoms with Gasteiger partial charge in [0, 0.05) is 17.5 Å².